The lowest BCUT2D eigenvalue weighted by molar-refractivity contribution is 0.591. The van der Waals surface area contributed by atoms with Crippen molar-refractivity contribution in [1.82, 2.24) is 10.3 Å². The zero-order valence-electron chi connectivity index (χ0n) is 9.58. The molecule has 1 N–H and O–H groups in total. The average Bonchev–Trinajstić information content (AvgIpc) is 2.67. The van der Waals surface area contributed by atoms with Crippen LogP contribution in [0, 0.1) is 0 Å². The highest BCUT2D eigenvalue weighted by Crippen LogP contribution is 2.36. The first-order chi connectivity index (χ1) is 8.61. The summed E-state index contributed by atoms with van der Waals surface area (Å²) < 4.78 is 2.25. The predicted octanol–water partition coefficient (Wildman–Crippen LogP) is 4.82. The van der Waals surface area contributed by atoms with Crippen LogP contribution in [0.2, 0.25) is 5.02 Å². The highest BCUT2D eigenvalue weighted by atomic mass is 79.9. The zero-order chi connectivity index (χ0) is 13.1. The number of pyridine rings is 1. The second kappa shape index (κ2) is 6.48. The summed E-state index contributed by atoms with van der Waals surface area (Å²) in [6.45, 7) is 0. The molecule has 0 saturated heterocycles. The van der Waals surface area contributed by atoms with E-state index in [0.717, 1.165) is 19.6 Å². The van der Waals surface area contributed by atoms with Gasteiger partial charge in [-0.15, -0.1) is 11.3 Å². The maximum absolute atomic E-state index is 6.15. The van der Waals surface area contributed by atoms with Crippen molar-refractivity contribution in [1.29, 1.82) is 0 Å². The van der Waals surface area contributed by atoms with Gasteiger partial charge < -0.3 is 5.32 Å². The summed E-state index contributed by atoms with van der Waals surface area (Å²) in [5, 5.41) is 4.04. The molecule has 18 heavy (non-hydrogen) atoms. The Labute approximate surface area is 132 Å². The number of halogens is 3. The topological polar surface area (TPSA) is 24.9 Å². The summed E-state index contributed by atoms with van der Waals surface area (Å²) in [7, 11) is 1.96. The summed E-state index contributed by atoms with van der Waals surface area (Å²) in [6.07, 6.45) is 4.29. The van der Waals surface area contributed by atoms with Gasteiger partial charge in [0.25, 0.3) is 0 Å². The molecule has 0 aliphatic carbocycles. The van der Waals surface area contributed by atoms with Crippen LogP contribution < -0.4 is 5.32 Å². The molecule has 0 aromatic carbocycles. The summed E-state index contributed by atoms with van der Waals surface area (Å²) in [5.74, 6) is 0. The number of nitrogens with one attached hydrogen (secondary N) is 1. The molecule has 0 aliphatic heterocycles. The van der Waals surface area contributed by atoms with Crippen molar-refractivity contribution in [3.05, 3.63) is 48.2 Å². The number of aromatic nitrogens is 1. The van der Waals surface area contributed by atoms with Gasteiger partial charge in [-0.2, -0.15) is 0 Å². The molecule has 6 heteroatoms. The van der Waals surface area contributed by atoms with Crippen molar-refractivity contribution in [2.75, 3.05) is 7.05 Å². The normalized spacial score (nSPS) is 12.7. The van der Waals surface area contributed by atoms with Gasteiger partial charge in [-0.25, -0.2) is 0 Å². The summed E-state index contributed by atoms with van der Waals surface area (Å²) in [4.78, 5) is 4.01. The van der Waals surface area contributed by atoms with Crippen molar-refractivity contribution in [2.24, 2.45) is 0 Å². The lowest BCUT2D eigenvalue weighted by atomic mass is 10.0. The van der Waals surface area contributed by atoms with E-state index in [0.29, 0.717) is 5.02 Å². The standard InChI is InChI=1S/C12H11Br2ClN2S/c1-16-10(8-5-11(13)18-12(8)14)4-7-2-3-17-6-9(7)15/h2-3,5-6,10,16H,4H2,1H3. The molecular formula is C12H11Br2ClN2S. The first-order valence-electron chi connectivity index (χ1n) is 5.32. The number of hydrogen-bond acceptors (Lipinski definition) is 3. The number of rotatable bonds is 4. The zero-order valence-corrected chi connectivity index (χ0v) is 14.3. The van der Waals surface area contributed by atoms with Gasteiger partial charge in [-0.3, -0.25) is 4.98 Å². The third-order valence-electron chi connectivity index (χ3n) is 2.69. The molecule has 0 amide bonds. The molecule has 2 aromatic rings. The van der Waals surface area contributed by atoms with Gasteiger partial charge in [-0.1, -0.05) is 11.6 Å². The first-order valence-corrected chi connectivity index (χ1v) is 8.10. The minimum atomic E-state index is 0.224. The number of hydrogen-bond donors (Lipinski definition) is 1. The maximum Gasteiger partial charge on any atom is 0.0758 e. The molecule has 0 radical (unpaired) electrons. The smallest absolute Gasteiger partial charge is 0.0758 e. The van der Waals surface area contributed by atoms with E-state index in [1.54, 1.807) is 23.7 Å². The van der Waals surface area contributed by atoms with Gasteiger partial charge in [-0.05, 0) is 68.6 Å². The van der Waals surface area contributed by atoms with Crippen LogP contribution in [-0.2, 0) is 6.42 Å². The van der Waals surface area contributed by atoms with E-state index < -0.39 is 0 Å². The Balaban J connectivity index is 2.25. The quantitative estimate of drug-likeness (QED) is 0.781. The van der Waals surface area contributed by atoms with Crippen LogP contribution in [0.5, 0.6) is 0 Å². The molecule has 2 aromatic heterocycles. The van der Waals surface area contributed by atoms with Crippen LogP contribution in [0.4, 0.5) is 0 Å². The predicted molar refractivity (Wildman–Crippen MR) is 84.5 cm³/mol. The number of likely N-dealkylation sites (N-methyl/N-ethyl adjacent to an activating group) is 1. The van der Waals surface area contributed by atoms with E-state index in [1.807, 2.05) is 13.1 Å². The molecule has 0 bridgehead atoms. The third kappa shape index (κ3) is 3.33. The fraction of sp³-hybridized carbons (Fsp3) is 0.250. The monoisotopic (exact) mass is 408 g/mol. The molecule has 0 aliphatic rings. The largest absolute Gasteiger partial charge is 0.313 e. The highest BCUT2D eigenvalue weighted by Gasteiger charge is 2.17. The van der Waals surface area contributed by atoms with Crippen LogP contribution in [0.3, 0.4) is 0 Å². The van der Waals surface area contributed by atoms with Crippen LogP contribution in [0.25, 0.3) is 0 Å². The fourth-order valence-electron chi connectivity index (χ4n) is 1.75. The molecule has 0 spiro atoms. The average molecular weight is 411 g/mol. The summed E-state index contributed by atoms with van der Waals surface area (Å²) in [6, 6.07) is 4.31. The van der Waals surface area contributed by atoms with Crippen molar-refractivity contribution in [3.8, 4) is 0 Å². The Kier molecular flexibility index (Phi) is 5.21. The Morgan fingerprint density at radius 1 is 1.50 bits per heavy atom. The minimum Gasteiger partial charge on any atom is -0.313 e. The van der Waals surface area contributed by atoms with Crippen LogP contribution in [0.1, 0.15) is 17.2 Å². The van der Waals surface area contributed by atoms with Gasteiger partial charge in [0.05, 0.1) is 12.6 Å². The van der Waals surface area contributed by atoms with Crippen LogP contribution in [0.15, 0.2) is 32.1 Å². The van der Waals surface area contributed by atoms with Gasteiger partial charge in [0, 0.05) is 18.4 Å². The van der Waals surface area contributed by atoms with E-state index in [9.17, 15) is 0 Å². The fourth-order valence-corrected chi connectivity index (χ4v) is 4.92. The lowest BCUT2D eigenvalue weighted by Gasteiger charge is -2.16. The Hall–Kier alpha value is 0.0600. The molecule has 2 rings (SSSR count). The lowest BCUT2D eigenvalue weighted by Crippen LogP contribution is -2.18. The molecule has 2 nitrogen and oxygen atoms in total. The second-order valence-corrected chi connectivity index (χ2v) is 7.95. The van der Waals surface area contributed by atoms with E-state index in [4.69, 9.17) is 11.6 Å². The highest BCUT2D eigenvalue weighted by molar-refractivity contribution is 9.12. The minimum absolute atomic E-state index is 0.224. The van der Waals surface area contributed by atoms with Crippen LogP contribution in [-0.4, -0.2) is 12.0 Å². The molecule has 1 unspecified atom stereocenters. The Morgan fingerprint density at radius 2 is 2.28 bits per heavy atom. The van der Waals surface area contributed by atoms with Gasteiger partial charge in [0.15, 0.2) is 0 Å². The van der Waals surface area contributed by atoms with Crippen molar-refractivity contribution in [2.45, 2.75) is 12.5 Å². The third-order valence-corrected chi connectivity index (χ3v) is 5.41. The Bertz CT molecular complexity index is 545. The van der Waals surface area contributed by atoms with Crippen LogP contribution >= 0.6 is 54.8 Å². The molecule has 0 fully saturated rings. The summed E-state index contributed by atoms with van der Waals surface area (Å²) in [5.41, 5.74) is 2.34. The number of thiophene rings is 1. The van der Waals surface area contributed by atoms with E-state index in [2.05, 4.69) is 48.2 Å². The van der Waals surface area contributed by atoms with E-state index in [-0.39, 0.29) is 6.04 Å². The molecular weight excluding hydrogens is 399 g/mol. The SMILES string of the molecule is CNC(Cc1ccncc1Cl)c1cc(Br)sc1Br. The van der Waals surface area contributed by atoms with Crippen molar-refractivity contribution < 1.29 is 0 Å². The van der Waals surface area contributed by atoms with Gasteiger partial charge in [0.1, 0.15) is 0 Å². The van der Waals surface area contributed by atoms with E-state index >= 15 is 0 Å². The van der Waals surface area contributed by atoms with Crippen molar-refractivity contribution >= 4 is 54.8 Å². The second-order valence-electron chi connectivity index (χ2n) is 3.79. The first kappa shape index (κ1) is 14.5. The maximum atomic E-state index is 6.15. The van der Waals surface area contributed by atoms with Crippen molar-refractivity contribution in [3.63, 3.8) is 0 Å². The van der Waals surface area contributed by atoms with Gasteiger partial charge in [0.2, 0.25) is 0 Å². The molecule has 1 atom stereocenters. The molecule has 2 heterocycles. The molecule has 0 saturated carbocycles. The Morgan fingerprint density at radius 3 is 2.83 bits per heavy atom. The summed E-state index contributed by atoms with van der Waals surface area (Å²) >= 11 is 14.9. The number of nitrogens with zero attached hydrogens (tertiary/aromatic N) is 1. The molecule has 96 valence electrons. The van der Waals surface area contributed by atoms with Gasteiger partial charge >= 0.3 is 0 Å². The van der Waals surface area contributed by atoms with E-state index in [1.165, 1.54) is 5.56 Å².